The van der Waals surface area contributed by atoms with Crippen molar-refractivity contribution in [1.82, 2.24) is 29.7 Å². The van der Waals surface area contributed by atoms with Gasteiger partial charge in [-0.3, -0.25) is 19.6 Å². The number of fused-ring (bicyclic) bond motifs is 1. The van der Waals surface area contributed by atoms with Crippen molar-refractivity contribution >= 4 is 52.1 Å². The summed E-state index contributed by atoms with van der Waals surface area (Å²) in [5, 5.41) is 31.1. The van der Waals surface area contributed by atoms with Crippen molar-refractivity contribution in [3.05, 3.63) is 48.3 Å². The Morgan fingerprint density at radius 1 is 1.12 bits per heavy atom. The smallest absolute Gasteiger partial charge is 0.238 e. The van der Waals surface area contributed by atoms with Gasteiger partial charge in [-0.05, 0) is 81.2 Å². The third-order valence-electron chi connectivity index (χ3n) is 7.02. The van der Waals surface area contributed by atoms with Crippen LogP contribution < -0.4 is 16.0 Å². The largest absolute Gasteiger partial charge is 0.395 e. The third kappa shape index (κ3) is 6.11. The van der Waals surface area contributed by atoms with E-state index in [1.54, 1.807) is 10.7 Å². The van der Waals surface area contributed by atoms with E-state index in [-0.39, 0.29) is 36.9 Å². The van der Waals surface area contributed by atoms with Crippen LogP contribution in [0.2, 0.25) is 0 Å². The summed E-state index contributed by atoms with van der Waals surface area (Å²) in [5.74, 6) is 1.22. The third-order valence-corrected chi connectivity index (χ3v) is 7.88. The molecule has 1 aliphatic carbocycles. The van der Waals surface area contributed by atoms with Crippen molar-refractivity contribution in [2.45, 2.75) is 48.7 Å². The van der Waals surface area contributed by atoms with Crippen LogP contribution in [0.15, 0.2) is 52.6 Å². The van der Waals surface area contributed by atoms with Gasteiger partial charge in [-0.2, -0.15) is 5.10 Å². The number of anilines is 4. The Bertz CT molecular complexity index is 1530. The number of carbonyl (C=O) groups excluding carboxylic acids is 2. The summed E-state index contributed by atoms with van der Waals surface area (Å²) >= 11 is 1.38. The molecule has 13 heteroatoms. The number of aliphatic hydroxyl groups is 1. The summed E-state index contributed by atoms with van der Waals surface area (Å²) in [6.45, 7) is 2.99. The van der Waals surface area contributed by atoms with E-state index in [1.165, 1.54) is 11.8 Å². The first-order chi connectivity index (χ1) is 19.4. The van der Waals surface area contributed by atoms with Crippen LogP contribution in [-0.2, 0) is 9.59 Å². The number of carbonyl (C=O) groups is 2. The molecule has 2 amide bonds. The molecule has 4 heterocycles. The normalized spacial score (nSPS) is 17.3. The average molecular weight is 562 g/mol. The summed E-state index contributed by atoms with van der Waals surface area (Å²) in [6.07, 6.45) is 5.55. The SMILES string of the molecule is Cc1cc(Nc2nc(Sc3ccc(NC(=O)C4CC4)cc3)nn3cc(NC(=O)CN4CCC[C@@H]4CO)cc23)n[nH]1. The van der Waals surface area contributed by atoms with Gasteiger partial charge in [-0.25, -0.2) is 9.50 Å². The van der Waals surface area contributed by atoms with Crippen molar-refractivity contribution in [2.24, 2.45) is 5.92 Å². The Kier molecular flexibility index (Phi) is 7.41. The van der Waals surface area contributed by atoms with Gasteiger partial charge in [0.25, 0.3) is 0 Å². The molecule has 208 valence electrons. The molecule has 3 aromatic heterocycles. The van der Waals surface area contributed by atoms with E-state index >= 15 is 0 Å². The van der Waals surface area contributed by atoms with Crippen molar-refractivity contribution in [3.63, 3.8) is 0 Å². The van der Waals surface area contributed by atoms with E-state index in [0.29, 0.717) is 28.0 Å². The van der Waals surface area contributed by atoms with Crippen LogP contribution in [0.4, 0.5) is 23.0 Å². The molecule has 2 fully saturated rings. The topological polar surface area (TPSA) is 153 Å². The second-order valence-electron chi connectivity index (χ2n) is 10.3. The highest BCUT2D eigenvalue weighted by Crippen LogP contribution is 2.32. The molecule has 5 N–H and O–H groups in total. The van der Waals surface area contributed by atoms with E-state index in [2.05, 4.69) is 31.2 Å². The maximum absolute atomic E-state index is 12.8. The number of rotatable bonds is 10. The van der Waals surface area contributed by atoms with Gasteiger partial charge in [-0.15, -0.1) is 5.10 Å². The molecule has 1 atom stereocenters. The monoisotopic (exact) mass is 561 g/mol. The standard InChI is InChI=1S/C27H31N9O3S/c1-16-11-23(33-32-16)30-25-22-12-19(28-24(38)14-35-10-2-3-20(35)15-37)13-36(22)34-27(31-25)40-21-8-6-18(7-9-21)29-26(39)17-4-5-17/h6-9,11-13,17,20,37H,2-5,10,14-15H2,1H3,(H,28,38)(H,29,39)(H2,30,31,32,33,34)/t20-/m1/s1. The molecule has 1 saturated heterocycles. The first kappa shape index (κ1) is 26.3. The molecule has 1 aliphatic heterocycles. The zero-order valence-electron chi connectivity index (χ0n) is 22.1. The maximum Gasteiger partial charge on any atom is 0.238 e. The van der Waals surface area contributed by atoms with Crippen LogP contribution in [0.1, 0.15) is 31.4 Å². The predicted octanol–water partition coefficient (Wildman–Crippen LogP) is 3.40. The molecule has 1 saturated carbocycles. The highest BCUT2D eigenvalue weighted by atomic mass is 32.2. The number of aryl methyl sites for hydroxylation is 1. The van der Waals surface area contributed by atoms with Gasteiger partial charge in [0.2, 0.25) is 17.0 Å². The van der Waals surface area contributed by atoms with Crippen LogP contribution in [0, 0.1) is 12.8 Å². The number of benzene rings is 1. The van der Waals surface area contributed by atoms with E-state index in [0.717, 1.165) is 48.5 Å². The minimum absolute atomic E-state index is 0.0287. The Labute approximate surface area is 234 Å². The lowest BCUT2D eigenvalue weighted by molar-refractivity contribution is -0.118. The Morgan fingerprint density at radius 2 is 1.95 bits per heavy atom. The van der Waals surface area contributed by atoms with Crippen LogP contribution >= 0.6 is 11.8 Å². The van der Waals surface area contributed by atoms with E-state index in [4.69, 9.17) is 4.98 Å². The molecule has 4 aromatic rings. The highest BCUT2D eigenvalue weighted by molar-refractivity contribution is 7.99. The minimum Gasteiger partial charge on any atom is -0.395 e. The Balaban J connectivity index is 1.22. The number of hydrogen-bond donors (Lipinski definition) is 5. The van der Waals surface area contributed by atoms with Gasteiger partial charge in [0.1, 0.15) is 5.52 Å². The lowest BCUT2D eigenvalue weighted by atomic mass is 10.2. The summed E-state index contributed by atoms with van der Waals surface area (Å²) < 4.78 is 1.68. The summed E-state index contributed by atoms with van der Waals surface area (Å²) in [4.78, 5) is 32.5. The highest BCUT2D eigenvalue weighted by Gasteiger charge is 2.29. The summed E-state index contributed by atoms with van der Waals surface area (Å²) in [7, 11) is 0. The van der Waals surface area contributed by atoms with Crippen LogP contribution in [0.5, 0.6) is 0 Å². The molecule has 6 rings (SSSR count). The number of nitrogens with one attached hydrogen (secondary N) is 4. The van der Waals surface area contributed by atoms with Gasteiger partial charge in [0.15, 0.2) is 11.6 Å². The fraction of sp³-hybridized carbons (Fsp3) is 0.370. The van der Waals surface area contributed by atoms with Crippen LogP contribution in [-0.4, -0.2) is 72.4 Å². The Hall–Kier alpha value is -3.94. The zero-order valence-corrected chi connectivity index (χ0v) is 22.9. The van der Waals surface area contributed by atoms with Gasteiger partial charge in [-0.1, -0.05) is 0 Å². The van der Waals surface area contributed by atoms with E-state index in [9.17, 15) is 14.7 Å². The summed E-state index contributed by atoms with van der Waals surface area (Å²) in [5.41, 5.74) is 2.94. The van der Waals surface area contributed by atoms with E-state index in [1.807, 2.05) is 48.2 Å². The average Bonchev–Trinajstić information content (AvgIpc) is 3.36. The summed E-state index contributed by atoms with van der Waals surface area (Å²) in [6, 6.07) is 11.3. The van der Waals surface area contributed by atoms with Gasteiger partial charge in [0, 0.05) is 34.3 Å². The number of likely N-dealkylation sites (tertiary alicyclic amines) is 1. The second kappa shape index (κ2) is 11.3. The minimum atomic E-state index is -0.148. The number of hydrogen-bond acceptors (Lipinski definition) is 9. The molecule has 1 aromatic carbocycles. The molecule has 2 aliphatic rings. The van der Waals surface area contributed by atoms with Gasteiger partial charge < -0.3 is 21.1 Å². The number of amides is 2. The molecule has 12 nitrogen and oxygen atoms in total. The van der Waals surface area contributed by atoms with Crippen molar-refractivity contribution < 1.29 is 14.7 Å². The second-order valence-corrected chi connectivity index (χ2v) is 11.3. The zero-order chi connectivity index (χ0) is 27.6. The van der Waals surface area contributed by atoms with Crippen molar-refractivity contribution in [1.29, 1.82) is 0 Å². The fourth-order valence-electron chi connectivity index (χ4n) is 4.78. The van der Waals surface area contributed by atoms with Crippen LogP contribution in [0.3, 0.4) is 0 Å². The molecule has 0 bridgehead atoms. The van der Waals surface area contributed by atoms with Crippen molar-refractivity contribution in [3.8, 4) is 0 Å². The molecular weight excluding hydrogens is 530 g/mol. The fourth-order valence-corrected chi connectivity index (χ4v) is 5.53. The number of nitrogens with zero attached hydrogens (tertiary/aromatic N) is 5. The molecule has 0 unspecified atom stereocenters. The first-order valence-electron chi connectivity index (χ1n) is 13.4. The number of H-pyrrole nitrogens is 1. The maximum atomic E-state index is 12.8. The van der Waals surface area contributed by atoms with Crippen LogP contribution in [0.25, 0.3) is 5.52 Å². The number of aromatic nitrogens is 5. The Morgan fingerprint density at radius 3 is 2.67 bits per heavy atom. The lowest BCUT2D eigenvalue weighted by Gasteiger charge is -2.21. The van der Waals surface area contributed by atoms with Gasteiger partial charge >= 0.3 is 0 Å². The van der Waals surface area contributed by atoms with E-state index < -0.39 is 0 Å². The molecule has 0 radical (unpaired) electrons. The van der Waals surface area contributed by atoms with Gasteiger partial charge in [0.05, 0.1) is 25.0 Å². The molecule has 0 spiro atoms. The number of aromatic amines is 1. The first-order valence-corrected chi connectivity index (χ1v) is 14.2. The number of aliphatic hydroxyl groups excluding tert-OH is 1. The molecule has 40 heavy (non-hydrogen) atoms. The lowest BCUT2D eigenvalue weighted by Crippen LogP contribution is -2.38. The quantitative estimate of drug-likeness (QED) is 0.196. The predicted molar refractivity (Wildman–Crippen MR) is 152 cm³/mol. The molecular formula is C27H31N9O3S. The van der Waals surface area contributed by atoms with Crippen molar-refractivity contribution in [2.75, 3.05) is 35.6 Å².